The van der Waals surface area contributed by atoms with Crippen molar-refractivity contribution in [1.82, 2.24) is 25.0 Å². The SMILES string of the molecule is Cc1nc2cc(-c3noc([C@H](C)NC(=O)c4ccco4)n3)ccc2n(C)c1=O. The molecule has 142 valence electrons. The molecule has 0 fully saturated rings. The van der Waals surface area contributed by atoms with E-state index in [0.29, 0.717) is 28.1 Å². The lowest BCUT2D eigenvalue weighted by Crippen LogP contribution is -2.26. The summed E-state index contributed by atoms with van der Waals surface area (Å²) in [7, 11) is 1.70. The summed E-state index contributed by atoms with van der Waals surface area (Å²) in [5, 5.41) is 6.72. The van der Waals surface area contributed by atoms with E-state index >= 15 is 0 Å². The van der Waals surface area contributed by atoms with Crippen LogP contribution in [0.3, 0.4) is 0 Å². The molecule has 0 saturated heterocycles. The lowest BCUT2D eigenvalue weighted by molar-refractivity contribution is 0.0904. The molecule has 0 aliphatic rings. The summed E-state index contributed by atoms with van der Waals surface area (Å²) < 4.78 is 11.9. The van der Waals surface area contributed by atoms with Gasteiger partial charge < -0.3 is 18.8 Å². The lowest BCUT2D eigenvalue weighted by Gasteiger charge is -2.07. The second kappa shape index (κ2) is 6.76. The maximum absolute atomic E-state index is 12.1. The number of carbonyl (C=O) groups is 1. The first-order valence-corrected chi connectivity index (χ1v) is 8.60. The van der Waals surface area contributed by atoms with Crippen LogP contribution in [0.5, 0.6) is 0 Å². The number of furan rings is 1. The van der Waals surface area contributed by atoms with E-state index in [1.54, 1.807) is 55.8 Å². The van der Waals surface area contributed by atoms with Crippen molar-refractivity contribution in [3.05, 3.63) is 64.3 Å². The molecule has 3 heterocycles. The third kappa shape index (κ3) is 3.07. The number of amides is 1. The number of hydrogen-bond donors (Lipinski definition) is 1. The average Bonchev–Trinajstić information content (AvgIpc) is 3.37. The molecule has 3 aromatic heterocycles. The van der Waals surface area contributed by atoms with E-state index < -0.39 is 6.04 Å². The number of aromatic nitrogens is 4. The number of benzene rings is 1. The molecule has 0 aliphatic carbocycles. The highest BCUT2D eigenvalue weighted by Crippen LogP contribution is 2.22. The third-order valence-electron chi connectivity index (χ3n) is 4.40. The van der Waals surface area contributed by atoms with Crippen LogP contribution < -0.4 is 10.9 Å². The predicted molar refractivity (Wildman–Crippen MR) is 99.6 cm³/mol. The van der Waals surface area contributed by atoms with Crippen LogP contribution in [0.25, 0.3) is 22.4 Å². The van der Waals surface area contributed by atoms with Crippen molar-refractivity contribution in [2.75, 3.05) is 0 Å². The van der Waals surface area contributed by atoms with Gasteiger partial charge >= 0.3 is 0 Å². The van der Waals surface area contributed by atoms with E-state index in [1.807, 2.05) is 0 Å². The fourth-order valence-electron chi connectivity index (χ4n) is 2.88. The topological polar surface area (TPSA) is 116 Å². The lowest BCUT2D eigenvalue weighted by atomic mass is 10.1. The van der Waals surface area contributed by atoms with Crippen molar-refractivity contribution in [3.63, 3.8) is 0 Å². The molecule has 0 unspecified atom stereocenters. The Hall–Kier alpha value is -3.75. The zero-order valence-electron chi connectivity index (χ0n) is 15.5. The van der Waals surface area contributed by atoms with Gasteiger partial charge in [-0.2, -0.15) is 4.98 Å². The smallest absolute Gasteiger partial charge is 0.287 e. The zero-order chi connectivity index (χ0) is 19.8. The highest BCUT2D eigenvalue weighted by Gasteiger charge is 2.19. The number of hydrogen-bond acceptors (Lipinski definition) is 7. The van der Waals surface area contributed by atoms with Gasteiger partial charge in [0.1, 0.15) is 11.7 Å². The van der Waals surface area contributed by atoms with E-state index in [-0.39, 0.29) is 23.1 Å². The average molecular weight is 379 g/mol. The first-order chi connectivity index (χ1) is 13.4. The van der Waals surface area contributed by atoms with Crippen molar-refractivity contribution >= 4 is 16.9 Å². The Bertz CT molecular complexity index is 1220. The fourth-order valence-corrected chi connectivity index (χ4v) is 2.88. The van der Waals surface area contributed by atoms with Crippen LogP contribution in [0.2, 0.25) is 0 Å². The van der Waals surface area contributed by atoms with Gasteiger partial charge in [0, 0.05) is 12.6 Å². The molecule has 4 rings (SSSR count). The molecule has 1 amide bonds. The van der Waals surface area contributed by atoms with Gasteiger partial charge in [-0.25, -0.2) is 4.98 Å². The van der Waals surface area contributed by atoms with Crippen LogP contribution in [-0.4, -0.2) is 25.6 Å². The Balaban J connectivity index is 1.61. The van der Waals surface area contributed by atoms with Gasteiger partial charge in [0.15, 0.2) is 5.76 Å². The molecule has 4 aromatic rings. The van der Waals surface area contributed by atoms with Gasteiger partial charge in [-0.15, -0.1) is 0 Å². The first kappa shape index (κ1) is 17.7. The van der Waals surface area contributed by atoms with Gasteiger partial charge in [-0.3, -0.25) is 9.59 Å². The zero-order valence-corrected chi connectivity index (χ0v) is 15.5. The quantitative estimate of drug-likeness (QED) is 0.578. The molecule has 9 nitrogen and oxygen atoms in total. The van der Waals surface area contributed by atoms with Crippen molar-refractivity contribution < 1.29 is 13.7 Å². The number of aryl methyl sites for hydroxylation is 2. The summed E-state index contributed by atoms with van der Waals surface area (Å²) >= 11 is 0. The normalized spacial score (nSPS) is 12.2. The van der Waals surface area contributed by atoms with Crippen LogP contribution in [0.1, 0.15) is 35.1 Å². The van der Waals surface area contributed by atoms with Crippen molar-refractivity contribution in [1.29, 1.82) is 0 Å². The van der Waals surface area contributed by atoms with Crippen LogP contribution >= 0.6 is 0 Å². The number of nitrogens with one attached hydrogen (secondary N) is 1. The van der Waals surface area contributed by atoms with Gasteiger partial charge in [-0.05, 0) is 44.2 Å². The summed E-state index contributed by atoms with van der Waals surface area (Å²) in [6.45, 7) is 3.41. The minimum atomic E-state index is -0.500. The largest absolute Gasteiger partial charge is 0.459 e. The second-order valence-corrected chi connectivity index (χ2v) is 6.39. The number of rotatable bonds is 4. The predicted octanol–water partition coefficient (Wildman–Crippen LogP) is 2.38. The first-order valence-electron chi connectivity index (χ1n) is 8.60. The Morgan fingerprint density at radius 2 is 2.07 bits per heavy atom. The van der Waals surface area contributed by atoms with Crippen molar-refractivity contribution in [2.24, 2.45) is 7.05 Å². The highest BCUT2D eigenvalue weighted by atomic mass is 16.5. The third-order valence-corrected chi connectivity index (χ3v) is 4.40. The molecule has 0 aliphatic heterocycles. The van der Waals surface area contributed by atoms with Crippen LogP contribution in [0, 0.1) is 6.92 Å². The molecule has 1 atom stereocenters. The molecule has 9 heteroatoms. The summed E-state index contributed by atoms with van der Waals surface area (Å²) in [5.74, 6) is 0.459. The number of fused-ring (bicyclic) bond motifs is 1. The minimum Gasteiger partial charge on any atom is -0.459 e. The van der Waals surface area contributed by atoms with E-state index in [4.69, 9.17) is 8.94 Å². The molecule has 1 aromatic carbocycles. The Morgan fingerprint density at radius 3 is 2.82 bits per heavy atom. The summed E-state index contributed by atoms with van der Waals surface area (Å²) in [4.78, 5) is 32.8. The fraction of sp³-hybridized carbons (Fsp3) is 0.211. The maximum Gasteiger partial charge on any atom is 0.287 e. The van der Waals surface area contributed by atoms with E-state index in [0.717, 1.165) is 0 Å². The Labute approximate surface area is 159 Å². The van der Waals surface area contributed by atoms with Gasteiger partial charge in [0.05, 0.1) is 17.3 Å². The van der Waals surface area contributed by atoms with E-state index in [1.165, 1.54) is 6.26 Å². The molecule has 0 spiro atoms. The molecular weight excluding hydrogens is 362 g/mol. The Morgan fingerprint density at radius 1 is 1.25 bits per heavy atom. The molecular formula is C19H17N5O4. The summed E-state index contributed by atoms with van der Waals surface area (Å²) in [6, 6.07) is 8.08. The van der Waals surface area contributed by atoms with E-state index in [2.05, 4.69) is 20.4 Å². The van der Waals surface area contributed by atoms with E-state index in [9.17, 15) is 9.59 Å². The molecule has 0 radical (unpaired) electrons. The summed E-state index contributed by atoms with van der Waals surface area (Å²) in [5.41, 5.74) is 2.33. The van der Waals surface area contributed by atoms with Crippen molar-refractivity contribution in [3.8, 4) is 11.4 Å². The second-order valence-electron chi connectivity index (χ2n) is 6.39. The van der Waals surface area contributed by atoms with Crippen LogP contribution in [0.15, 0.2) is 50.3 Å². The van der Waals surface area contributed by atoms with Gasteiger partial charge in [0.2, 0.25) is 11.7 Å². The molecule has 1 N–H and O–H groups in total. The number of carbonyl (C=O) groups excluding carboxylic acids is 1. The Kier molecular flexibility index (Phi) is 4.26. The van der Waals surface area contributed by atoms with Crippen molar-refractivity contribution in [2.45, 2.75) is 19.9 Å². The van der Waals surface area contributed by atoms with Gasteiger partial charge in [0.25, 0.3) is 11.5 Å². The molecule has 0 bridgehead atoms. The number of nitrogens with zero attached hydrogens (tertiary/aromatic N) is 4. The minimum absolute atomic E-state index is 0.136. The van der Waals surface area contributed by atoms with Crippen LogP contribution in [0.4, 0.5) is 0 Å². The summed E-state index contributed by atoms with van der Waals surface area (Å²) in [6.07, 6.45) is 1.43. The molecule has 0 saturated carbocycles. The standard InChI is InChI=1S/C19H17N5O4/c1-10(21-17(25)15-5-4-8-27-15)18-22-16(23-28-18)12-6-7-14-13(9-12)20-11(2)19(26)24(14)3/h4-10H,1-3H3,(H,21,25)/t10-/m0/s1. The maximum atomic E-state index is 12.1. The monoisotopic (exact) mass is 379 g/mol. The van der Waals surface area contributed by atoms with Gasteiger partial charge in [-0.1, -0.05) is 5.16 Å². The van der Waals surface area contributed by atoms with Crippen LogP contribution in [-0.2, 0) is 7.05 Å². The molecule has 28 heavy (non-hydrogen) atoms. The highest BCUT2D eigenvalue weighted by molar-refractivity contribution is 5.91.